The number of nitrogens with two attached hydrogens (primary N) is 1. The normalized spacial score (nSPS) is 27.7. The first-order valence-electron chi connectivity index (χ1n) is 15.6. The summed E-state index contributed by atoms with van der Waals surface area (Å²) >= 11 is 0. The second-order valence-corrected chi connectivity index (χ2v) is 11.2. The van der Waals surface area contributed by atoms with Gasteiger partial charge in [-0.05, 0) is 44.4 Å². The molecule has 1 amide bonds. The number of hydrogen-bond acceptors (Lipinski definition) is 12. The number of amides is 1. The molecule has 0 aliphatic carbocycles. The molecule has 5 atom stereocenters. The third-order valence-corrected chi connectivity index (χ3v) is 8.26. The summed E-state index contributed by atoms with van der Waals surface area (Å²) in [7, 11) is 0. The van der Waals surface area contributed by atoms with Crippen LogP contribution in [0.1, 0.15) is 58.8 Å². The van der Waals surface area contributed by atoms with E-state index < -0.39 is 36.3 Å². The maximum atomic E-state index is 12.1. The molecule has 1 aromatic carbocycles. The molecule has 242 valence electrons. The van der Waals surface area contributed by atoms with Gasteiger partial charge in [0.05, 0.1) is 12.9 Å². The Balaban J connectivity index is 1.68. The first-order valence-corrected chi connectivity index (χ1v) is 15.6. The Morgan fingerprint density at radius 1 is 1.14 bits per heavy atom. The van der Waals surface area contributed by atoms with E-state index in [9.17, 15) is 20.1 Å². The number of carbonyl (C=O) groups excluding carboxylic acids is 1. The molecule has 8 N–H and O–H groups in total. The Morgan fingerprint density at radius 3 is 2.57 bits per heavy atom. The van der Waals surface area contributed by atoms with E-state index in [2.05, 4.69) is 22.5 Å². The van der Waals surface area contributed by atoms with Gasteiger partial charge in [0.1, 0.15) is 18.3 Å². The summed E-state index contributed by atoms with van der Waals surface area (Å²) < 4.78 is 6.19. The van der Waals surface area contributed by atoms with Crippen molar-refractivity contribution in [3.8, 4) is 0 Å². The van der Waals surface area contributed by atoms with Crippen LogP contribution in [0.25, 0.3) is 0 Å². The van der Waals surface area contributed by atoms with Crippen molar-refractivity contribution in [2.24, 2.45) is 20.7 Å². The predicted octanol–water partition coefficient (Wildman–Crippen LogP) is 0.523. The first-order chi connectivity index (χ1) is 21.3. The Kier molecular flexibility index (Phi) is 11.6. The molecule has 14 nitrogen and oxygen atoms in total. The summed E-state index contributed by atoms with van der Waals surface area (Å²) in [4.78, 5) is 29.9. The van der Waals surface area contributed by atoms with E-state index >= 15 is 0 Å². The van der Waals surface area contributed by atoms with Crippen molar-refractivity contribution >= 4 is 35.6 Å². The van der Waals surface area contributed by atoms with E-state index in [0.29, 0.717) is 57.7 Å². The summed E-state index contributed by atoms with van der Waals surface area (Å²) in [6.45, 7) is 5.23. The minimum atomic E-state index is -1.68. The molecular formula is C30H47N9O5. The van der Waals surface area contributed by atoms with Crippen LogP contribution < -0.4 is 21.3 Å². The summed E-state index contributed by atoms with van der Waals surface area (Å²) in [6, 6.07) is 9.56. The van der Waals surface area contributed by atoms with Crippen LogP contribution in [0.3, 0.4) is 0 Å². The van der Waals surface area contributed by atoms with Crippen LogP contribution in [-0.4, -0.2) is 113 Å². The van der Waals surface area contributed by atoms with Gasteiger partial charge in [0.25, 0.3) is 0 Å². The van der Waals surface area contributed by atoms with Crippen LogP contribution in [0.4, 0.5) is 5.69 Å². The number of para-hydroxylation sites is 1. The highest BCUT2D eigenvalue weighted by Gasteiger charge is 2.62. The zero-order valence-electron chi connectivity index (χ0n) is 25.7. The fourth-order valence-corrected chi connectivity index (χ4v) is 5.71. The molecular weight excluding hydrogens is 566 g/mol. The number of benzene rings is 1. The number of carbonyl (C=O) groups is 1. The zero-order valence-corrected chi connectivity index (χ0v) is 25.7. The maximum Gasteiger partial charge on any atom is 0.234 e. The van der Waals surface area contributed by atoms with Gasteiger partial charge in [-0.15, -0.1) is 0 Å². The number of aliphatic imine (C=N–C) groups is 3. The topological polar surface area (TPSA) is 204 Å². The minimum absolute atomic E-state index is 0.0197. The van der Waals surface area contributed by atoms with E-state index in [1.54, 1.807) is 4.90 Å². The van der Waals surface area contributed by atoms with E-state index in [-0.39, 0.29) is 17.7 Å². The number of fused-ring (bicyclic) bond motifs is 1. The molecule has 0 aromatic heterocycles. The molecule has 3 aliphatic rings. The fraction of sp³-hybridized carbons (Fsp3) is 0.633. The Bertz CT molecular complexity index is 1230. The number of rotatable bonds is 16. The molecule has 1 saturated heterocycles. The molecule has 0 bridgehead atoms. The van der Waals surface area contributed by atoms with Crippen LogP contribution in [-0.2, 0) is 9.53 Å². The van der Waals surface area contributed by atoms with Gasteiger partial charge in [0.2, 0.25) is 17.7 Å². The van der Waals surface area contributed by atoms with Gasteiger partial charge in [-0.1, -0.05) is 44.9 Å². The van der Waals surface area contributed by atoms with Gasteiger partial charge < -0.3 is 36.0 Å². The van der Waals surface area contributed by atoms with Gasteiger partial charge in [-0.25, -0.2) is 0 Å². The van der Waals surface area contributed by atoms with E-state index in [1.165, 1.54) is 6.34 Å². The van der Waals surface area contributed by atoms with Crippen LogP contribution in [0.15, 0.2) is 45.3 Å². The number of guanidine groups is 1. The Morgan fingerprint density at radius 2 is 1.91 bits per heavy atom. The number of ether oxygens (including phenoxy) is 1. The first kappa shape index (κ1) is 33.6. The van der Waals surface area contributed by atoms with Crippen molar-refractivity contribution in [3.63, 3.8) is 0 Å². The smallest absolute Gasteiger partial charge is 0.234 e. The number of nitrogens with zero attached hydrogens (tertiary/aromatic N) is 5. The number of aliphatic hydroxyl groups excluding tert-OH is 3. The summed E-state index contributed by atoms with van der Waals surface area (Å²) in [5.74, 6) is -1.17. The monoisotopic (exact) mass is 613 g/mol. The third kappa shape index (κ3) is 6.70. The standard InChI is InChI=1S/C30H47N9O5/c1-3-5-10-16-34-30(25(43)24(42)22(19-40)44-30)39-20-35-29(4-2)26(32)36-28(37-27(29)39)38(21-12-7-6-8-13-21)18-11-9-14-23(41)33-17-15-31/h6-8,12-13,20,22,24-25,32,34,40,42-43H,3-5,9-11,14-19,31H2,1-2H3,(H,33,41)/t22-,24-,25-,29?,30+/m1/s1. The number of unbranched alkanes of at least 4 members (excludes halogenated alkanes) is 3. The lowest BCUT2D eigenvalue weighted by atomic mass is 9.92. The summed E-state index contributed by atoms with van der Waals surface area (Å²) in [5, 5.41) is 47.3. The molecule has 0 saturated carbocycles. The molecule has 44 heavy (non-hydrogen) atoms. The van der Waals surface area contributed by atoms with Gasteiger partial charge in [-0.3, -0.25) is 25.4 Å². The van der Waals surface area contributed by atoms with Crippen molar-refractivity contribution < 1.29 is 24.9 Å². The molecule has 1 aromatic rings. The summed E-state index contributed by atoms with van der Waals surface area (Å²) in [5.41, 5.74) is 5.07. The predicted molar refractivity (Wildman–Crippen MR) is 170 cm³/mol. The van der Waals surface area contributed by atoms with Gasteiger partial charge in [0, 0.05) is 31.7 Å². The molecule has 4 rings (SSSR count). The lowest BCUT2D eigenvalue weighted by molar-refractivity contribution is -0.161. The van der Waals surface area contributed by atoms with Crippen molar-refractivity contribution in [2.75, 3.05) is 37.7 Å². The van der Waals surface area contributed by atoms with Gasteiger partial charge in [0.15, 0.2) is 17.2 Å². The summed E-state index contributed by atoms with van der Waals surface area (Å²) in [6.07, 6.45) is 2.32. The van der Waals surface area contributed by atoms with E-state index in [1.807, 2.05) is 42.2 Å². The van der Waals surface area contributed by atoms with Crippen LogP contribution in [0.2, 0.25) is 0 Å². The lowest BCUT2D eigenvalue weighted by Crippen LogP contribution is -2.68. The average molecular weight is 614 g/mol. The SMILES string of the molecule is CCCCCN[C@@]1(N2C=NC3(CC)C(=N)N=C(N(CCCCC(=O)NCCN)c4ccccc4)N=C23)O[C@H](CO)[C@@H](O)[C@H]1O. The van der Waals surface area contributed by atoms with Gasteiger partial charge >= 0.3 is 0 Å². The average Bonchev–Trinajstić information content (AvgIpc) is 3.54. The van der Waals surface area contributed by atoms with Crippen molar-refractivity contribution in [1.82, 2.24) is 15.5 Å². The van der Waals surface area contributed by atoms with E-state index in [4.69, 9.17) is 25.9 Å². The number of nitrogens with one attached hydrogen (secondary N) is 3. The lowest BCUT2D eigenvalue weighted by Gasteiger charge is -2.43. The van der Waals surface area contributed by atoms with Crippen LogP contribution in [0.5, 0.6) is 0 Å². The Hall–Kier alpha value is -3.27. The number of amidine groups is 2. The molecule has 1 unspecified atom stereocenters. The van der Waals surface area contributed by atoms with Crippen LogP contribution in [0, 0.1) is 5.41 Å². The fourth-order valence-electron chi connectivity index (χ4n) is 5.71. The molecule has 14 heteroatoms. The number of aliphatic hydroxyl groups is 3. The molecule has 3 aliphatic heterocycles. The zero-order chi connectivity index (χ0) is 31.7. The molecule has 3 heterocycles. The second kappa shape index (κ2) is 15.1. The largest absolute Gasteiger partial charge is 0.394 e. The quantitative estimate of drug-likeness (QED) is 0.130. The number of anilines is 1. The van der Waals surface area contributed by atoms with Crippen molar-refractivity contribution in [1.29, 1.82) is 5.41 Å². The third-order valence-electron chi connectivity index (χ3n) is 8.26. The van der Waals surface area contributed by atoms with Crippen molar-refractivity contribution in [3.05, 3.63) is 30.3 Å². The molecule has 0 spiro atoms. The highest BCUT2D eigenvalue weighted by molar-refractivity contribution is 6.28. The second-order valence-electron chi connectivity index (χ2n) is 11.2. The maximum absolute atomic E-state index is 12.1. The minimum Gasteiger partial charge on any atom is -0.394 e. The Labute approximate surface area is 258 Å². The highest BCUT2D eigenvalue weighted by atomic mass is 16.6. The van der Waals surface area contributed by atoms with E-state index in [0.717, 1.165) is 24.9 Å². The van der Waals surface area contributed by atoms with Crippen molar-refractivity contribution in [2.45, 2.75) is 88.5 Å². The number of hydrogen-bond donors (Lipinski definition) is 7. The van der Waals surface area contributed by atoms with Crippen LogP contribution >= 0.6 is 0 Å². The highest BCUT2D eigenvalue weighted by Crippen LogP contribution is 2.39. The molecule has 1 fully saturated rings. The van der Waals surface area contributed by atoms with Gasteiger partial charge in [-0.2, -0.15) is 9.98 Å². The molecule has 0 radical (unpaired) electrons.